The molecule has 0 amide bonds. The molecule has 1 aromatic heterocycles. The van der Waals surface area contributed by atoms with Gasteiger partial charge in [-0.1, -0.05) is 12.2 Å². The number of nitrogens with zero attached hydrogens (tertiary/aromatic N) is 1. The number of hydrogen-bond acceptors (Lipinski definition) is 3. The molecule has 0 spiro atoms. The van der Waals surface area contributed by atoms with Crippen molar-refractivity contribution < 1.29 is 4.74 Å². The largest absolute Gasteiger partial charge is 0.497 e. The summed E-state index contributed by atoms with van der Waals surface area (Å²) in [6.07, 6.45) is 1.73. The maximum absolute atomic E-state index is 11.8. The summed E-state index contributed by atoms with van der Waals surface area (Å²) >= 11 is 5.00. The van der Waals surface area contributed by atoms with Crippen LogP contribution in [0.5, 0.6) is 5.75 Å². The van der Waals surface area contributed by atoms with Gasteiger partial charge in [0.25, 0.3) is 0 Å². The van der Waals surface area contributed by atoms with Gasteiger partial charge >= 0.3 is 5.69 Å². The maximum Gasteiger partial charge on any atom is 0.331 e. The highest BCUT2D eigenvalue weighted by Crippen LogP contribution is 2.13. The van der Waals surface area contributed by atoms with Crippen molar-refractivity contribution in [1.29, 1.82) is 0 Å². The topological polar surface area (TPSA) is 47.0 Å². The van der Waals surface area contributed by atoms with Crippen molar-refractivity contribution in [3.8, 4) is 11.4 Å². The standard InChI is InChI=1S/C12H12N2O2S/c1-8-7-14(12(15)13-11(8)17)9-3-5-10(16-2)6-4-9/h3-7H,1-2H3,(H,13,15,17). The number of H-pyrrole nitrogens is 1. The zero-order valence-electron chi connectivity index (χ0n) is 9.56. The lowest BCUT2D eigenvalue weighted by atomic mass is 10.3. The Balaban J connectivity index is 2.56. The van der Waals surface area contributed by atoms with E-state index in [4.69, 9.17) is 17.0 Å². The summed E-state index contributed by atoms with van der Waals surface area (Å²) in [6.45, 7) is 1.86. The number of benzene rings is 1. The van der Waals surface area contributed by atoms with Crippen molar-refractivity contribution in [2.24, 2.45) is 0 Å². The summed E-state index contributed by atoms with van der Waals surface area (Å²) in [5.41, 5.74) is 1.38. The molecule has 1 aromatic carbocycles. The second-order valence-electron chi connectivity index (χ2n) is 3.64. The van der Waals surface area contributed by atoms with Crippen molar-refractivity contribution in [3.63, 3.8) is 0 Å². The van der Waals surface area contributed by atoms with Crippen LogP contribution in [0.25, 0.3) is 5.69 Å². The third-order valence-corrected chi connectivity index (χ3v) is 2.89. The van der Waals surface area contributed by atoms with Crippen LogP contribution in [0, 0.1) is 11.6 Å². The molecule has 0 radical (unpaired) electrons. The monoisotopic (exact) mass is 248 g/mol. The van der Waals surface area contributed by atoms with Gasteiger partial charge in [-0.3, -0.25) is 9.55 Å². The molecule has 0 aliphatic heterocycles. The molecule has 2 rings (SSSR count). The molecule has 1 heterocycles. The lowest BCUT2D eigenvalue weighted by Crippen LogP contribution is -2.21. The molecule has 17 heavy (non-hydrogen) atoms. The van der Waals surface area contributed by atoms with Crippen molar-refractivity contribution >= 4 is 12.2 Å². The van der Waals surface area contributed by atoms with E-state index in [0.717, 1.165) is 17.0 Å². The van der Waals surface area contributed by atoms with Crippen molar-refractivity contribution in [1.82, 2.24) is 9.55 Å². The van der Waals surface area contributed by atoms with Gasteiger partial charge in [0, 0.05) is 11.8 Å². The van der Waals surface area contributed by atoms with Crippen LogP contribution in [0.1, 0.15) is 5.56 Å². The van der Waals surface area contributed by atoms with Gasteiger partial charge in [0.2, 0.25) is 0 Å². The minimum absolute atomic E-state index is 0.245. The third kappa shape index (κ3) is 2.29. The first kappa shape index (κ1) is 11.6. The van der Waals surface area contributed by atoms with Crippen LogP contribution in [0.4, 0.5) is 0 Å². The molecule has 0 bridgehead atoms. The van der Waals surface area contributed by atoms with Crippen LogP contribution in [-0.2, 0) is 0 Å². The Morgan fingerprint density at radius 2 is 1.94 bits per heavy atom. The highest BCUT2D eigenvalue weighted by molar-refractivity contribution is 7.71. The van der Waals surface area contributed by atoms with Crippen LogP contribution in [0.3, 0.4) is 0 Å². The second kappa shape index (κ2) is 4.55. The van der Waals surface area contributed by atoms with E-state index in [1.807, 2.05) is 19.1 Å². The van der Waals surface area contributed by atoms with Gasteiger partial charge in [-0.05, 0) is 31.2 Å². The van der Waals surface area contributed by atoms with Crippen LogP contribution in [0.2, 0.25) is 0 Å². The van der Waals surface area contributed by atoms with Gasteiger partial charge in [-0.25, -0.2) is 4.79 Å². The molecule has 0 saturated heterocycles. The smallest absolute Gasteiger partial charge is 0.331 e. The molecule has 0 atom stereocenters. The second-order valence-corrected chi connectivity index (χ2v) is 4.05. The van der Waals surface area contributed by atoms with Crippen LogP contribution >= 0.6 is 12.2 Å². The summed E-state index contributed by atoms with van der Waals surface area (Å²) in [5.74, 6) is 0.752. The molecule has 5 heteroatoms. The predicted octanol–water partition coefficient (Wildman–Crippen LogP) is 2.21. The van der Waals surface area contributed by atoms with Gasteiger partial charge in [0.15, 0.2) is 0 Å². The van der Waals surface area contributed by atoms with E-state index in [9.17, 15) is 4.79 Å². The lowest BCUT2D eigenvalue weighted by molar-refractivity contribution is 0.414. The number of aromatic amines is 1. The molecule has 1 N–H and O–H groups in total. The molecule has 0 aliphatic rings. The lowest BCUT2D eigenvalue weighted by Gasteiger charge is -2.07. The summed E-state index contributed by atoms with van der Waals surface area (Å²) in [5, 5.41) is 0. The quantitative estimate of drug-likeness (QED) is 0.829. The summed E-state index contributed by atoms with van der Waals surface area (Å²) in [4.78, 5) is 14.4. The molecule has 0 fully saturated rings. The highest BCUT2D eigenvalue weighted by atomic mass is 32.1. The first-order valence-electron chi connectivity index (χ1n) is 5.09. The zero-order valence-corrected chi connectivity index (χ0v) is 10.4. The van der Waals surface area contributed by atoms with E-state index in [1.165, 1.54) is 4.57 Å². The highest BCUT2D eigenvalue weighted by Gasteiger charge is 2.01. The Bertz CT molecular complexity index is 641. The number of hydrogen-bond donors (Lipinski definition) is 1. The van der Waals surface area contributed by atoms with Gasteiger partial charge < -0.3 is 4.74 Å². The van der Waals surface area contributed by atoms with E-state index in [1.54, 1.807) is 25.4 Å². The van der Waals surface area contributed by atoms with E-state index in [2.05, 4.69) is 4.98 Å². The number of ether oxygens (including phenoxy) is 1. The van der Waals surface area contributed by atoms with Gasteiger partial charge in [-0.15, -0.1) is 0 Å². The fourth-order valence-corrected chi connectivity index (χ4v) is 1.64. The van der Waals surface area contributed by atoms with E-state index < -0.39 is 0 Å². The van der Waals surface area contributed by atoms with Crippen LogP contribution in [0.15, 0.2) is 35.3 Å². The van der Waals surface area contributed by atoms with Crippen molar-refractivity contribution in [2.75, 3.05) is 7.11 Å². The normalized spacial score (nSPS) is 10.2. The minimum atomic E-state index is -0.245. The summed E-state index contributed by atoms with van der Waals surface area (Å²) in [7, 11) is 1.60. The Morgan fingerprint density at radius 1 is 1.29 bits per heavy atom. The Hall–Kier alpha value is -1.88. The molecular formula is C12H12N2O2S. The molecule has 0 aliphatic carbocycles. The molecular weight excluding hydrogens is 236 g/mol. The minimum Gasteiger partial charge on any atom is -0.497 e. The van der Waals surface area contributed by atoms with Gasteiger partial charge in [-0.2, -0.15) is 0 Å². The van der Waals surface area contributed by atoms with E-state index >= 15 is 0 Å². The first-order valence-corrected chi connectivity index (χ1v) is 5.49. The number of aromatic nitrogens is 2. The van der Waals surface area contributed by atoms with Crippen molar-refractivity contribution in [2.45, 2.75) is 6.92 Å². The average molecular weight is 248 g/mol. The Morgan fingerprint density at radius 3 is 2.53 bits per heavy atom. The fraction of sp³-hybridized carbons (Fsp3) is 0.167. The number of rotatable bonds is 2. The number of aryl methyl sites for hydroxylation is 1. The van der Waals surface area contributed by atoms with E-state index in [-0.39, 0.29) is 5.69 Å². The SMILES string of the molecule is COc1ccc(-n2cc(C)c(=S)[nH]c2=O)cc1. The zero-order chi connectivity index (χ0) is 12.4. The molecule has 0 unspecified atom stereocenters. The average Bonchev–Trinajstić information content (AvgIpc) is 2.34. The maximum atomic E-state index is 11.8. The van der Waals surface area contributed by atoms with Crippen LogP contribution in [-0.4, -0.2) is 16.7 Å². The first-order chi connectivity index (χ1) is 8.11. The molecule has 88 valence electrons. The Kier molecular flexibility index (Phi) is 3.10. The number of methoxy groups -OCH3 is 1. The van der Waals surface area contributed by atoms with Gasteiger partial charge in [0.05, 0.1) is 12.8 Å². The molecule has 0 saturated carbocycles. The van der Waals surface area contributed by atoms with E-state index in [0.29, 0.717) is 4.64 Å². The summed E-state index contributed by atoms with van der Waals surface area (Å²) in [6, 6.07) is 7.24. The molecule has 2 aromatic rings. The van der Waals surface area contributed by atoms with Crippen molar-refractivity contribution in [3.05, 3.63) is 51.2 Å². The molecule has 4 nitrogen and oxygen atoms in total. The summed E-state index contributed by atoms with van der Waals surface area (Å²) < 4.78 is 7.06. The third-order valence-electron chi connectivity index (χ3n) is 2.47. The van der Waals surface area contributed by atoms with Gasteiger partial charge in [0.1, 0.15) is 10.4 Å². The van der Waals surface area contributed by atoms with Crippen LogP contribution < -0.4 is 10.4 Å². The fourth-order valence-electron chi connectivity index (χ4n) is 1.50. The Labute approximate surface area is 104 Å². The number of nitrogens with one attached hydrogen (secondary N) is 1. The predicted molar refractivity (Wildman–Crippen MR) is 68.5 cm³/mol.